The van der Waals surface area contributed by atoms with Crippen LogP contribution >= 0.6 is 0 Å². The average molecular weight is 156 g/mol. The summed E-state index contributed by atoms with van der Waals surface area (Å²) in [6.07, 6.45) is 1.35. The molecule has 66 valence electrons. The van der Waals surface area contributed by atoms with Crippen LogP contribution in [0.3, 0.4) is 0 Å². The van der Waals surface area contributed by atoms with Gasteiger partial charge >= 0.3 is 0 Å². The predicted molar refractivity (Wildman–Crippen MR) is 48.8 cm³/mol. The molecular formula is C9H20N2. The molecule has 0 aromatic rings. The molecule has 0 saturated carbocycles. The van der Waals surface area contributed by atoms with E-state index in [1.54, 1.807) is 0 Å². The number of rotatable bonds is 3. The van der Waals surface area contributed by atoms with Crippen molar-refractivity contribution in [2.24, 2.45) is 5.41 Å². The molecule has 1 heterocycles. The highest BCUT2D eigenvalue weighted by atomic mass is 15.2. The molecule has 1 fully saturated rings. The zero-order valence-corrected chi connectivity index (χ0v) is 7.98. The van der Waals surface area contributed by atoms with Gasteiger partial charge in [-0.25, -0.2) is 0 Å². The Kier molecular flexibility index (Phi) is 2.90. The van der Waals surface area contributed by atoms with Crippen LogP contribution < -0.4 is 5.32 Å². The predicted octanol–water partition coefficient (Wildman–Crippen LogP) is 0.938. The van der Waals surface area contributed by atoms with E-state index in [9.17, 15) is 0 Å². The van der Waals surface area contributed by atoms with Crippen LogP contribution in [-0.2, 0) is 0 Å². The zero-order valence-electron chi connectivity index (χ0n) is 7.98. The molecule has 2 nitrogen and oxygen atoms in total. The lowest BCUT2D eigenvalue weighted by molar-refractivity contribution is 0.280. The van der Waals surface area contributed by atoms with Gasteiger partial charge in [0.05, 0.1) is 0 Å². The van der Waals surface area contributed by atoms with Crippen LogP contribution in [-0.4, -0.2) is 38.1 Å². The molecule has 0 bridgehead atoms. The highest BCUT2D eigenvalue weighted by molar-refractivity contribution is 4.86. The standard InChI is InChI=1S/C9H20N2/c1-4-11-6-5-9(2,8-11)7-10-3/h10H,4-8H2,1-3H3. The summed E-state index contributed by atoms with van der Waals surface area (Å²) < 4.78 is 0. The van der Waals surface area contributed by atoms with Crippen LogP contribution in [0.25, 0.3) is 0 Å². The molecule has 0 aliphatic carbocycles. The van der Waals surface area contributed by atoms with Gasteiger partial charge in [0.25, 0.3) is 0 Å². The monoisotopic (exact) mass is 156 g/mol. The summed E-state index contributed by atoms with van der Waals surface area (Å²) in [5, 5.41) is 3.27. The molecule has 1 rings (SSSR count). The first-order valence-corrected chi connectivity index (χ1v) is 4.57. The highest BCUT2D eigenvalue weighted by Gasteiger charge is 2.31. The summed E-state index contributed by atoms with van der Waals surface area (Å²) in [6, 6.07) is 0. The SMILES string of the molecule is CCN1CCC(C)(CNC)C1. The molecule has 0 spiro atoms. The number of hydrogen-bond donors (Lipinski definition) is 1. The lowest BCUT2D eigenvalue weighted by atomic mass is 9.90. The van der Waals surface area contributed by atoms with Crippen molar-refractivity contribution in [2.75, 3.05) is 33.2 Å². The van der Waals surface area contributed by atoms with Crippen molar-refractivity contribution in [3.63, 3.8) is 0 Å². The number of likely N-dealkylation sites (tertiary alicyclic amines) is 1. The third kappa shape index (κ3) is 2.17. The van der Waals surface area contributed by atoms with Gasteiger partial charge in [-0.15, -0.1) is 0 Å². The van der Waals surface area contributed by atoms with Gasteiger partial charge in [0.1, 0.15) is 0 Å². The van der Waals surface area contributed by atoms with E-state index in [1.165, 1.54) is 26.1 Å². The molecule has 1 aliphatic rings. The lowest BCUT2D eigenvalue weighted by Crippen LogP contribution is -2.32. The Morgan fingerprint density at radius 3 is 2.73 bits per heavy atom. The molecule has 0 aromatic carbocycles. The maximum atomic E-state index is 3.27. The number of hydrogen-bond acceptors (Lipinski definition) is 2. The van der Waals surface area contributed by atoms with E-state index in [0.717, 1.165) is 6.54 Å². The Bertz CT molecular complexity index is 125. The van der Waals surface area contributed by atoms with Crippen LogP contribution in [0.15, 0.2) is 0 Å². The Balaban J connectivity index is 2.37. The minimum atomic E-state index is 0.532. The Morgan fingerprint density at radius 1 is 1.55 bits per heavy atom. The molecule has 1 saturated heterocycles. The van der Waals surface area contributed by atoms with E-state index in [1.807, 2.05) is 7.05 Å². The molecule has 2 heteroatoms. The Hall–Kier alpha value is -0.0800. The van der Waals surface area contributed by atoms with Gasteiger partial charge in [0.2, 0.25) is 0 Å². The number of nitrogens with one attached hydrogen (secondary N) is 1. The van der Waals surface area contributed by atoms with Gasteiger partial charge in [0, 0.05) is 13.1 Å². The topological polar surface area (TPSA) is 15.3 Å². The third-order valence-corrected chi connectivity index (χ3v) is 2.69. The number of nitrogens with zero attached hydrogens (tertiary/aromatic N) is 1. The smallest absolute Gasteiger partial charge is 0.00478 e. The molecule has 1 aliphatic heterocycles. The highest BCUT2D eigenvalue weighted by Crippen LogP contribution is 2.28. The van der Waals surface area contributed by atoms with E-state index in [2.05, 4.69) is 24.1 Å². The van der Waals surface area contributed by atoms with Gasteiger partial charge < -0.3 is 10.2 Å². The second-order valence-electron chi connectivity index (χ2n) is 3.96. The van der Waals surface area contributed by atoms with Crippen LogP contribution in [0.4, 0.5) is 0 Å². The summed E-state index contributed by atoms with van der Waals surface area (Å²) in [5.74, 6) is 0. The Morgan fingerprint density at radius 2 is 2.27 bits per heavy atom. The lowest BCUT2D eigenvalue weighted by Gasteiger charge is -2.23. The van der Waals surface area contributed by atoms with E-state index >= 15 is 0 Å². The van der Waals surface area contributed by atoms with E-state index in [4.69, 9.17) is 0 Å². The van der Waals surface area contributed by atoms with Gasteiger partial charge in [-0.05, 0) is 32.0 Å². The van der Waals surface area contributed by atoms with Gasteiger partial charge in [-0.1, -0.05) is 13.8 Å². The van der Waals surface area contributed by atoms with Crippen molar-refractivity contribution in [1.82, 2.24) is 10.2 Å². The second-order valence-corrected chi connectivity index (χ2v) is 3.96. The second kappa shape index (κ2) is 3.55. The molecule has 1 N–H and O–H groups in total. The van der Waals surface area contributed by atoms with Crippen LogP contribution in [0.2, 0.25) is 0 Å². The molecular weight excluding hydrogens is 136 g/mol. The largest absolute Gasteiger partial charge is 0.319 e. The summed E-state index contributed by atoms with van der Waals surface area (Å²) in [6.45, 7) is 9.53. The first kappa shape index (κ1) is 9.01. The van der Waals surface area contributed by atoms with Crippen molar-refractivity contribution < 1.29 is 0 Å². The maximum absolute atomic E-state index is 3.27. The molecule has 1 unspecified atom stereocenters. The average Bonchev–Trinajstić information content (AvgIpc) is 2.33. The normalized spacial score (nSPS) is 33.0. The van der Waals surface area contributed by atoms with Crippen molar-refractivity contribution in [3.05, 3.63) is 0 Å². The van der Waals surface area contributed by atoms with Crippen LogP contribution in [0, 0.1) is 5.41 Å². The van der Waals surface area contributed by atoms with Crippen molar-refractivity contribution >= 4 is 0 Å². The molecule has 0 aromatic heterocycles. The molecule has 0 radical (unpaired) electrons. The molecule has 0 amide bonds. The summed E-state index contributed by atoms with van der Waals surface area (Å²) in [4.78, 5) is 2.53. The first-order valence-electron chi connectivity index (χ1n) is 4.57. The maximum Gasteiger partial charge on any atom is 0.00478 e. The van der Waals surface area contributed by atoms with Gasteiger partial charge in [-0.3, -0.25) is 0 Å². The fourth-order valence-electron chi connectivity index (χ4n) is 1.97. The zero-order chi connectivity index (χ0) is 8.32. The summed E-state index contributed by atoms with van der Waals surface area (Å²) >= 11 is 0. The molecule has 11 heavy (non-hydrogen) atoms. The quantitative estimate of drug-likeness (QED) is 0.654. The van der Waals surface area contributed by atoms with Crippen LogP contribution in [0.1, 0.15) is 20.3 Å². The minimum Gasteiger partial charge on any atom is -0.319 e. The summed E-state index contributed by atoms with van der Waals surface area (Å²) in [5.41, 5.74) is 0.532. The minimum absolute atomic E-state index is 0.532. The van der Waals surface area contributed by atoms with Crippen molar-refractivity contribution in [2.45, 2.75) is 20.3 Å². The molecule has 1 atom stereocenters. The van der Waals surface area contributed by atoms with E-state index in [-0.39, 0.29) is 0 Å². The Labute approximate surface area is 70.0 Å². The fraction of sp³-hybridized carbons (Fsp3) is 1.00. The van der Waals surface area contributed by atoms with Crippen molar-refractivity contribution in [3.8, 4) is 0 Å². The first-order chi connectivity index (χ1) is 5.20. The fourth-order valence-corrected chi connectivity index (χ4v) is 1.97. The van der Waals surface area contributed by atoms with Gasteiger partial charge in [-0.2, -0.15) is 0 Å². The van der Waals surface area contributed by atoms with E-state index < -0.39 is 0 Å². The third-order valence-electron chi connectivity index (χ3n) is 2.69. The van der Waals surface area contributed by atoms with Crippen molar-refractivity contribution in [1.29, 1.82) is 0 Å². The summed E-state index contributed by atoms with van der Waals surface area (Å²) in [7, 11) is 2.04. The van der Waals surface area contributed by atoms with Gasteiger partial charge in [0.15, 0.2) is 0 Å². The van der Waals surface area contributed by atoms with Crippen LogP contribution in [0.5, 0.6) is 0 Å². The van der Waals surface area contributed by atoms with E-state index in [0.29, 0.717) is 5.41 Å².